The summed E-state index contributed by atoms with van der Waals surface area (Å²) < 4.78 is 1.08. The number of fused-ring (bicyclic) bond motifs is 1. The van der Waals surface area contributed by atoms with E-state index in [0.29, 0.717) is 0 Å². The van der Waals surface area contributed by atoms with E-state index in [9.17, 15) is 4.79 Å². The van der Waals surface area contributed by atoms with Crippen LogP contribution < -0.4 is 5.32 Å². The molecule has 2 fully saturated rings. The van der Waals surface area contributed by atoms with Crippen molar-refractivity contribution in [2.45, 2.75) is 13.1 Å². The maximum atomic E-state index is 12.9. The van der Waals surface area contributed by atoms with E-state index < -0.39 is 0 Å². The van der Waals surface area contributed by atoms with Crippen molar-refractivity contribution in [3.8, 4) is 10.4 Å². The maximum absolute atomic E-state index is 12.9. The van der Waals surface area contributed by atoms with Crippen LogP contribution in [0.4, 0.5) is 10.6 Å². The smallest absolute Gasteiger partial charge is 0.320 e. The van der Waals surface area contributed by atoms with E-state index in [1.54, 1.807) is 17.7 Å². The Morgan fingerprint density at radius 1 is 0.854 bits per heavy atom. The normalized spacial score (nSPS) is 16.4. The molecule has 41 heavy (non-hydrogen) atoms. The van der Waals surface area contributed by atoms with Crippen molar-refractivity contribution in [2.24, 2.45) is 0 Å². The van der Waals surface area contributed by atoms with Crippen LogP contribution in [0.5, 0.6) is 0 Å². The van der Waals surface area contributed by atoms with Crippen molar-refractivity contribution in [1.82, 2.24) is 29.6 Å². The molecule has 2 aliphatic rings. The first-order valence-corrected chi connectivity index (χ1v) is 15.0. The largest absolute Gasteiger partial charge is 0.400 e. The summed E-state index contributed by atoms with van der Waals surface area (Å²) in [7, 11) is 3.12. The number of likely N-dealkylation sites (N-methyl/N-ethyl adjacent to an activating group) is 1. The van der Waals surface area contributed by atoms with Gasteiger partial charge < -0.3 is 25.1 Å². The number of aliphatic hydroxyl groups excluding tert-OH is 1. The molecule has 2 aromatic carbocycles. The summed E-state index contributed by atoms with van der Waals surface area (Å²) in [6.07, 6.45) is 1.63. The van der Waals surface area contributed by atoms with Crippen molar-refractivity contribution in [3.63, 3.8) is 0 Å². The molecule has 10 heteroatoms. The lowest BCUT2D eigenvalue weighted by Crippen LogP contribution is -2.56. The summed E-state index contributed by atoms with van der Waals surface area (Å²) in [5.74, 6) is 0.877. The van der Waals surface area contributed by atoms with E-state index in [1.807, 2.05) is 15.9 Å². The number of hydrogen-bond acceptors (Lipinski definition) is 8. The Kier molecular flexibility index (Phi) is 9.79. The van der Waals surface area contributed by atoms with Gasteiger partial charge in [0.1, 0.15) is 12.1 Å². The first-order chi connectivity index (χ1) is 20.1. The van der Waals surface area contributed by atoms with Crippen LogP contribution in [0.3, 0.4) is 0 Å². The highest BCUT2D eigenvalue weighted by Gasteiger charge is 2.27. The first-order valence-electron chi connectivity index (χ1n) is 14.1. The van der Waals surface area contributed by atoms with Crippen molar-refractivity contribution in [2.75, 3.05) is 71.8 Å². The second kappa shape index (κ2) is 13.9. The quantitative estimate of drug-likeness (QED) is 0.360. The van der Waals surface area contributed by atoms with Gasteiger partial charge in [-0.3, -0.25) is 4.90 Å². The van der Waals surface area contributed by atoms with Crippen molar-refractivity contribution in [3.05, 3.63) is 78.1 Å². The Balaban J connectivity index is 0.00000165. The number of benzene rings is 2. The molecule has 2 saturated heterocycles. The number of amides is 2. The first kappa shape index (κ1) is 28.9. The third kappa shape index (κ3) is 7.20. The molecule has 2 aromatic heterocycles. The summed E-state index contributed by atoms with van der Waals surface area (Å²) in [4.78, 5) is 31.9. The van der Waals surface area contributed by atoms with Crippen LogP contribution in [0.15, 0.2) is 67.0 Å². The molecule has 2 aliphatic heterocycles. The number of aromatic nitrogens is 2. The SMILES string of the molecule is CN1CCN(C(=O)N2CCN(Cc3ccc(-c4cc5ncnc(NCc6ccccc6)c5s4)cc3)CC2)CC1.CO. The molecule has 0 unspecified atom stereocenters. The average molecular weight is 574 g/mol. The Hall–Kier alpha value is -3.57. The predicted molar refractivity (Wildman–Crippen MR) is 166 cm³/mol. The van der Waals surface area contributed by atoms with Gasteiger partial charge in [0.15, 0.2) is 0 Å². The second-order valence-electron chi connectivity index (χ2n) is 10.4. The number of anilines is 1. The molecule has 0 aliphatic carbocycles. The van der Waals surface area contributed by atoms with Gasteiger partial charge in [0.25, 0.3) is 0 Å². The average Bonchev–Trinajstić information content (AvgIpc) is 3.47. The Bertz CT molecular complexity index is 1400. The molecule has 4 heterocycles. The zero-order valence-electron chi connectivity index (χ0n) is 23.9. The number of thiophene rings is 1. The fourth-order valence-electron chi connectivity index (χ4n) is 5.23. The van der Waals surface area contributed by atoms with Crippen LogP contribution >= 0.6 is 11.3 Å². The third-order valence-corrected chi connectivity index (χ3v) is 8.86. The highest BCUT2D eigenvalue weighted by atomic mass is 32.1. The summed E-state index contributed by atoms with van der Waals surface area (Å²) in [5.41, 5.74) is 4.68. The number of aliphatic hydroxyl groups is 1. The summed E-state index contributed by atoms with van der Waals surface area (Å²) in [5, 5.41) is 10.5. The predicted octanol–water partition coefficient (Wildman–Crippen LogP) is 4.06. The lowest BCUT2D eigenvalue weighted by molar-refractivity contribution is 0.0937. The Morgan fingerprint density at radius 2 is 1.51 bits per heavy atom. The van der Waals surface area contributed by atoms with Gasteiger partial charge in [0.2, 0.25) is 0 Å². The second-order valence-corrected chi connectivity index (χ2v) is 11.5. The molecule has 0 saturated carbocycles. The van der Waals surface area contributed by atoms with Crippen LogP contribution in [0.2, 0.25) is 0 Å². The molecule has 2 N–H and O–H groups in total. The van der Waals surface area contributed by atoms with Gasteiger partial charge in [-0.15, -0.1) is 11.3 Å². The minimum Gasteiger partial charge on any atom is -0.400 e. The highest BCUT2D eigenvalue weighted by molar-refractivity contribution is 7.22. The molecule has 216 valence electrons. The number of urea groups is 1. The van der Waals surface area contributed by atoms with Crippen LogP contribution in [-0.2, 0) is 13.1 Å². The standard InChI is InChI=1S/C30H35N7OS.CH4O/c1-34-11-15-36(16-12-34)30(38)37-17-13-35(14-18-37)21-24-7-9-25(10-8-24)27-19-26-28(39-27)29(33-22-32-26)31-20-23-5-3-2-4-6-23;1-2/h2-10,19,22H,11-18,20-21H2,1H3,(H,31,32,33);2H,1H3. The van der Waals surface area contributed by atoms with Crippen molar-refractivity contribution >= 4 is 33.4 Å². The van der Waals surface area contributed by atoms with E-state index in [2.05, 4.69) is 86.7 Å². The number of nitrogens with one attached hydrogen (secondary N) is 1. The Labute approximate surface area is 246 Å². The van der Waals surface area contributed by atoms with Crippen LogP contribution in [0.25, 0.3) is 20.7 Å². The maximum Gasteiger partial charge on any atom is 0.320 e. The van der Waals surface area contributed by atoms with E-state index in [1.165, 1.54) is 21.6 Å². The Morgan fingerprint density at radius 3 is 2.20 bits per heavy atom. The van der Waals surface area contributed by atoms with Gasteiger partial charge in [-0.2, -0.15) is 0 Å². The van der Waals surface area contributed by atoms with Gasteiger partial charge in [-0.05, 0) is 29.8 Å². The van der Waals surface area contributed by atoms with Crippen LogP contribution in [0, 0.1) is 0 Å². The van der Waals surface area contributed by atoms with Gasteiger partial charge in [-0.1, -0.05) is 54.6 Å². The van der Waals surface area contributed by atoms with Gasteiger partial charge >= 0.3 is 6.03 Å². The summed E-state index contributed by atoms with van der Waals surface area (Å²) >= 11 is 1.73. The molecular formula is C31H39N7O2S. The molecule has 4 aromatic rings. The minimum absolute atomic E-state index is 0.207. The lowest BCUT2D eigenvalue weighted by atomic mass is 10.1. The molecular weight excluding hydrogens is 534 g/mol. The molecule has 6 rings (SSSR count). The number of carbonyl (C=O) groups is 1. The molecule has 2 amide bonds. The number of hydrogen-bond donors (Lipinski definition) is 2. The molecule has 9 nitrogen and oxygen atoms in total. The summed E-state index contributed by atoms with van der Waals surface area (Å²) in [6, 6.07) is 21.6. The van der Waals surface area contributed by atoms with E-state index >= 15 is 0 Å². The number of rotatable bonds is 6. The van der Waals surface area contributed by atoms with Crippen LogP contribution in [0.1, 0.15) is 11.1 Å². The van der Waals surface area contributed by atoms with Gasteiger partial charge in [-0.25, -0.2) is 14.8 Å². The van der Waals surface area contributed by atoms with Crippen molar-refractivity contribution in [1.29, 1.82) is 0 Å². The fraction of sp³-hybridized carbons (Fsp3) is 0.387. The van der Waals surface area contributed by atoms with E-state index in [-0.39, 0.29) is 6.03 Å². The highest BCUT2D eigenvalue weighted by Crippen LogP contribution is 2.36. The minimum atomic E-state index is 0.207. The van der Waals surface area contributed by atoms with Gasteiger partial charge in [0.05, 0.1) is 10.2 Å². The van der Waals surface area contributed by atoms with E-state index in [4.69, 9.17) is 5.11 Å². The monoisotopic (exact) mass is 573 g/mol. The molecule has 0 radical (unpaired) electrons. The lowest BCUT2D eigenvalue weighted by Gasteiger charge is -2.40. The molecule has 0 spiro atoms. The van der Waals surface area contributed by atoms with Gasteiger partial charge in [0, 0.05) is 77.4 Å². The van der Waals surface area contributed by atoms with E-state index in [0.717, 1.165) is 88.6 Å². The molecule has 0 atom stereocenters. The third-order valence-electron chi connectivity index (χ3n) is 7.68. The molecule has 0 bridgehead atoms. The number of piperazine rings is 2. The van der Waals surface area contributed by atoms with Crippen molar-refractivity contribution < 1.29 is 9.90 Å². The zero-order chi connectivity index (χ0) is 28.6. The number of carbonyl (C=O) groups excluding carboxylic acids is 1. The zero-order valence-corrected chi connectivity index (χ0v) is 24.7. The number of nitrogens with zero attached hydrogens (tertiary/aromatic N) is 6. The fourth-order valence-corrected chi connectivity index (χ4v) is 6.31. The van der Waals surface area contributed by atoms with Crippen LogP contribution in [-0.4, -0.2) is 107 Å². The topological polar surface area (TPSA) is 88.1 Å². The summed E-state index contributed by atoms with van der Waals surface area (Å²) in [6.45, 7) is 8.64.